The molecule has 4 aliphatic heterocycles. The van der Waals surface area contributed by atoms with Crippen LogP contribution < -0.4 is 14.4 Å². The predicted molar refractivity (Wildman–Crippen MR) is 222 cm³/mol. The van der Waals surface area contributed by atoms with Crippen LogP contribution in [0, 0.1) is 0 Å². The molecule has 2 aromatic heterocycles. The number of aryl methyl sites for hydroxylation is 1. The van der Waals surface area contributed by atoms with Crippen molar-refractivity contribution >= 4 is 34.1 Å². The number of aromatic nitrogens is 2. The molecule has 4 aliphatic rings. The Morgan fingerprint density at radius 1 is 0.828 bits per heavy atom. The van der Waals surface area contributed by atoms with E-state index in [1.807, 2.05) is 41.3 Å². The number of carbonyl (C=O) groups is 2. The molecule has 1 N–H and O–H groups in total. The minimum atomic E-state index is -0.177. The molecule has 296 valence electrons. The van der Waals surface area contributed by atoms with Crippen molar-refractivity contribution in [2.45, 2.75) is 58.3 Å². The Bertz CT molecular complexity index is 2530. The lowest BCUT2D eigenvalue weighted by Gasteiger charge is -2.40. The fourth-order valence-corrected chi connectivity index (χ4v) is 9.33. The SMILES string of the molecule is CCn1ccc2ccc(N(C(=O)c3cc(-c4cc5c(cc4C(=O)N4Cc6ccccc6C[C@H]4CN4CCOCC4)OCO5)n4c3CCCC4)c3ccc(O)cc3)cc21. The predicted octanol–water partition coefficient (Wildman–Crippen LogP) is 7.78. The molecule has 1 fully saturated rings. The first-order chi connectivity index (χ1) is 28.4. The number of benzene rings is 4. The van der Waals surface area contributed by atoms with E-state index in [1.54, 1.807) is 29.2 Å². The fraction of sp³-hybridized carbons (Fsp3) is 0.319. The van der Waals surface area contributed by atoms with Crippen molar-refractivity contribution in [3.8, 4) is 28.5 Å². The summed E-state index contributed by atoms with van der Waals surface area (Å²) in [5.41, 5.74) is 8.43. The third kappa shape index (κ3) is 6.48. The summed E-state index contributed by atoms with van der Waals surface area (Å²) in [6.07, 6.45) is 5.45. The first-order valence-corrected chi connectivity index (χ1v) is 20.5. The standard InChI is InChI=1S/C47H47N5O6/c1-2-49-18-16-31-10-11-35(24-42(31)49)52(34-12-14-37(53)15-13-34)47(55)40-25-43(50-17-6-5-9-41(40)50)38-26-44-45(58-30-57-44)27-39(38)46(54)51-28-33-8-4-3-7-32(33)23-36(51)29-48-19-21-56-22-20-48/h3-4,7-8,10-16,18,24-27,36,53H,2,5-6,9,17,19-23,28-30H2,1H3/t36-/m0/s1. The third-order valence-corrected chi connectivity index (χ3v) is 12.4. The third-order valence-electron chi connectivity index (χ3n) is 12.4. The summed E-state index contributed by atoms with van der Waals surface area (Å²) >= 11 is 0. The van der Waals surface area contributed by atoms with Gasteiger partial charge in [0.05, 0.1) is 35.5 Å². The molecule has 4 aromatic carbocycles. The zero-order valence-electron chi connectivity index (χ0n) is 32.7. The van der Waals surface area contributed by atoms with Crippen molar-refractivity contribution in [3.63, 3.8) is 0 Å². The van der Waals surface area contributed by atoms with E-state index in [2.05, 4.69) is 57.5 Å². The van der Waals surface area contributed by atoms with E-state index in [0.717, 1.165) is 91.0 Å². The van der Waals surface area contributed by atoms with E-state index in [1.165, 1.54) is 5.56 Å². The number of rotatable bonds is 8. The molecule has 1 saturated heterocycles. The Hall–Kier alpha value is -6.04. The molecule has 0 unspecified atom stereocenters. The number of fused-ring (bicyclic) bond motifs is 4. The number of hydrogen-bond acceptors (Lipinski definition) is 7. The van der Waals surface area contributed by atoms with Gasteiger partial charge in [-0.15, -0.1) is 0 Å². The average Bonchev–Trinajstić information content (AvgIpc) is 4.01. The van der Waals surface area contributed by atoms with Crippen molar-refractivity contribution in [3.05, 3.63) is 125 Å². The number of morpholine rings is 1. The van der Waals surface area contributed by atoms with Crippen LogP contribution in [0.2, 0.25) is 0 Å². The minimum Gasteiger partial charge on any atom is -0.508 e. The number of phenols is 1. The van der Waals surface area contributed by atoms with Crippen LogP contribution in [0.5, 0.6) is 17.2 Å². The second kappa shape index (κ2) is 15.0. The van der Waals surface area contributed by atoms with Crippen molar-refractivity contribution in [2.75, 3.05) is 44.5 Å². The average molecular weight is 778 g/mol. The normalized spacial score (nSPS) is 17.6. The summed E-state index contributed by atoms with van der Waals surface area (Å²) in [6, 6.07) is 29.1. The molecule has 0 aliphatic carbocycles. The molecule has 0 saturated carbocycles. The van der Waals surface area contributed by atoms with Crippen LogP contribution in [0.25, 0.3) is 22.2 Å². The van der Waals surface area contributed by atoms with E-state index in [-0.39, 0.29) is 30.4 Å². The molecule has 1 atom stereocenters. The molecule has 0 bridgehead atoms. The Morgan fingerprint density at radius 3 is 2.41 bits per heavy atom. The van der Waals surface area contributed by atoms with E-state index in [9.17, 15) is 5.11 Å². The lowest BCUT2D eigenvalue weighted by atomic mass is 9.92. The fourth-order valence-electron chi connectivity index (χ4n) is 9.33. The number of anilines is 2. The van der Waals surface area contributed by atoms with Gasteiger partial charge in [0, 0.05) is 74.1 Å². The summed E-state index contributed by atoms with van der Waals surface area (Å²) in [7, 11) is 0. The Kier molecular flexibility index (Phi) is 9.42. The highest BCUT2D eigenvalue weighted by Gasteiger charge is 2.36. The summed E-state index contributed by atoms with van der Waals surface area (Å²) < 4.78 is 21.9. The number of phenolic OH excluding ortho intramolecular Hbond substituents is 1. The summed E-state index contributed by atoms with van der Waals surface area (Å²) in [5, 5.41) is 11.3. The van der Waals surface area contributed by atoms with Gasteiger partial charge in [0.1, 0.15) is 5.75 Å². The van der Waals surface area contributed by atoms with Crippen LogP contribution in [0.3, 0.4) is 0 Å². The molecular weight excluding hydrogens is 731 g/mol. The van der Waals surface area contributed by atoms with Gasteiger partial charge in [0.15, 0.2) is 11.5 Å². The topological polar surface area (TPSA) is 102 Å². The molecular formula is C47H47N5O6. The molecule has 6 heterocycles. The lowest BCUT2D eigenvalue weighted by molar-refractivity contribution is 0.0193. The number of ether oxygens (including phenoxy) is 3. The van der Waals surface area contributed by atoms with Crippen LogP contribution in [0.15, 0.2) is 97.2 Å². The number of nitrogens with zero attached hydrogens (tertiary/aromatic N) is 5. The highest BCUT2D eigenvalue weighted by atomic mass is 16.7. The number of hydrogen-bond donors (Lipinski definition) is 1. The quantitative estimate of drug-likeness (QED) is 0.169. The number of aromatic hydroxyl groups is 1. The molecule has 58 heavy (non-hydrogen) atoms. The summed E-state index contributed by atoms with van der Waals surface area (Å²) in [4.78, 5) is 36.8. The maximum Gasteiger partial charge on any atom is 0.264 e. The zero-order chi connectivity index (χ0) is 39.3. The zero-order valence-corrected chi connectivity index (χ0v) is 32.7. The molecule has 10 rings (SSSR count). The van der Waals surface area contributed by atoms with Crippen molar-refractivity contribution in [1.82, 2.24) is 18.9 Å². The van der Waals surface area contributed by atoms with E-state index >= 15 is 9.59 Å². The van der Waals surface area contributed by atoms with Gasteiger partial charge in [-0.25, -0.2) is 0 Å². The highest BCUT2D eigenvalue weighted by molar-refractivity contribution is 6.13. The molecule has 0 spiro atoms. The summed E-state index contributed by atoms with van der Waals surface area (Å²) in [5.74, 6) is 1.00. The van der Waals surface area contributed by atoms with Gasteiger partial charge in [-0.2, -0.15) is 0 Å². The molecule has 11 heteroatoms. The molecule has 11 nitrogen and oxygen atoms in total. The number of amides is 2. The Morgan fingerprint density at radius 2 is 1.60 bits per heavy atom. The minimum absolute atomic E-state index is 0.0397. The van der Waals surface area contributed by atoms with Gasteiger partial charge in [0.2, 0.25) is 6.79 Å². The van der Waals surface area contributed by atoms with Gasteiger partial charge < -0.3 is 33.4 Å². The van der Waals surface area contributed by atoms with Crippen LogP contribution in [0.1, 0.15) is 57.3 Å². The highest BCUT2D eigenvalue weighted by Crippen LogP contribution is 2.43. The van der Waals surface area contributed by atoms with Crippen LogP contribution in [-0.4, -0.2) is 81.5 Å². The van der Waals surface area contributed by atoms with E-state index in [4.69, 9.17) is 14.2 Å². The molecule has 2 amide bonds. The second-order valence-electron chi connectivity index (χ2n) is 15.7. The maximum atomic E-state index is 15.3. The Balaban J connectivity index is 1.09. The summed E-state index contributed by atoms with van der Waals surface area (Å²) in [6.45, 7) is 8.00. The second-order valence-corrected chi connectivity index (χ2v) is 15.7. The van der Waals surface area contributed by atoms with E-state index in [0.29, 0.717) is 54.6 Å². The smallest absolute Gasteiger partial charge is 0.264 e. The molecule has 6 aromatic rings. The van der Waals surface area contributed by atoms with Crippen molar-refractivity contribution in [2.24, 2.45) is 0 Å². The van der Waals surface area contributed by atoms with Crippen LogP contribution in [0.4, 0.5) is 11.4 Å². The molecule has 0 radical (unpaired) electrons. The largest absolute Gasteiger partial charge is 0.508 e. The van der Waals surface area contributed by atoms with Gasteiger partial charge >= 0.3 is 0 Å². The van der Waals surface area contributed by atoms with Crippen molar-refractivity contribution < 1.29 is 28.9 Å². The lowest BCUT2D eigenvalue weighted by Crippen LogP contribution is -2.52. The van der Waals surface area contributed by atoms with Gasteiger partial charge in [-0.1, -0.05) is 30.3 Å². The van der Waals surface area contributed by atoms with Crippen molar-refractivity contribution in [1.29, 1.82) is 0 Å². The van der Waals surface area contributed by atoms with Gasteiger partial charge in [0.25, 0.3) is 11.8 Å². The van der Waals surface area contributed by atoms with Crippen LogP contribution >= 0.6 is 0 Å². The van der Waals surface area contributed by atoms with Crippen LogP contribution in [-0.2, 0) is 37.2 Å². The first kappa shape index (κ1) is 36.3. The number of carbonyl (C=O) groups excluding carboxylic acids is 2. The van der Waals surface area contributed by atoms with E-state index < -0.39 is 0 Å². The maximum absolute atomic E-state index is 15.3. The monoisotopic (exact) mass is 777 g/mol. The van der Waals surface area contributed by atoms with Gasteiger partial charge in [-0.05, 0) is 110 Å². The first-order valence-electron chi connectivity index (χ1n) is 20.5. The van der Waals surface area contributed by atoms with Gasteiger partial charge in [-0.3, -0.25) is 19.4 Å². The Labute approximate surface area is 337 Å².